The maximum Gasteiger partial charge on any atom is 0.139 e. The van der Waals surface area contributed by atoms with Gasteiger partial charge in [-0.3, -0.25) is 4.98 Å². The first-order chi connectivity index (χ1) is 6.18. The zero-order chi connectivity index (χ0) is 9.42. The summed E-state index contributed by atoms with van der Waals surface area (Å²) in [5, 5.41) is 0.952. The predicted molar refractivity (Wildman–Crippen MR) is 54.1 cm³/mol. The van der Waals surface area contributed by atoms with E-state index in [1.54, 1.807) is 12.3 Å². The molecule has 13 heavy (non-hydrogen) atoms. The summed E-state index contributed by atoms with van der Waals surface area (Å²) in [6, 6.07) is 5.15. The van der Waals surface area contributed by atoms with Gasteiger partial charge in [0.05, 0.1) is 9.99 Å². The quantitative estimate of drug-likeness (QED) is 0.687. The van der Waals surface area contributed by atoms with Crippen molar-refractivity contribution in [3.8, 4) is 0 Å². The van der Waals surface area contributed by atoms with Gasteiger partial charge in [-0.1, -0.05) is 0 Å². The zero-order valence-corrected chi connectivity index (χ0v) is 8.60. The molecule has 0 unspecified atom stereocenters. The number of rotatable bonds is 0. The lowest BCUT2D eigenvalue weighted by atomic mass is 10.2. The first-order valence-electron chi connectivity index (χ1n) is 3.89. The Morgan fingerprint density at radius 1 is 1.38 bits per heavy atom. The third-order valence-corrected chi connectivity index (χ3v) is 2.64. The van der Waals surface area contributed by atoms with Crippen LogP contribution in [0.4, 0.5) is 4.39 Å². The molecule has 1 nitrogen and oxygen atoms in total. The van der Waals surface area contributed by atoms with Crippen LogP contribution in [0.25, 0.3) is 10.9 Å². The Bertz CT molecular complexity index is 468. The van der Waals surface area contributed by atoms with Gasteiger partial charge in [0, 0.05) is 11.6 Å². The van der Waals surface area contributed by atoms with Crippen LogP contribution in [0.15, 0.2) is 28.9 Å². The average molecular weight is 240 g/mol. The molecule has 0 spiro atoms. The third-order valence-electron chi connectivity index (χ3n) is 1.88. The van der Waals surface area contributed by atoms with Crippen LogP contribution in [0.5, 0.6) is 0 Å². The van der Waals surface area contributed by atoms with Gasteiger partial charge in [-0.15, -0.1) is 0 Å². The molecule has 1 heterocycles. The standard InChI is InChI=1S/C10H7BrFN/c1-6-4-7-2-3-8(12)9(11)10(7)13-5-6/h2-5H,1H3. The zero-order valence-electron chi connectivity index (χ0n) is 7.01. The first kappa shape index (κ1) is 8.63. The number of halogens is 2. The van der Waals surface area contributed by atoms with E-state index in [4.69, 9.17) is 0 Å². The van der Waals surface area contributed by atoms with E-state index in [9.17, 15) is 4.39 Å². The third kappa shape index (κ3) is 1.44. The topological polar surface area (TPSA) is 12.9 Å². The molecular weight excluding hydrogens is 233 g/mol. The summed E-state index contributed by atoms with van der Waals surface area (Å²) in [7, 11) is 0. The number of hydrogen-bond acceptors (Lipinski definition) is 1. The highest BCUT2D eigenvalue weighted by atomic mass is 79.9. The molecule has 0 atom stereocenters. The lowest BCUT2D eigenvalue weighted by Gasteiger charge is -2.01. The molecule has 0 amide bonds. The molecule has 1 aromatic carbocycles. The Morgan fingerprint density at radius 3 is 2.92 bits per heavy atom. The molecule has 0 saturated heterocycles. The van der Waals surface area contributed by atoms with Gasteiger partial charge in [0.2, 0.25) is 0 Å². The number of fused-ring (bicyclic) bond motifs is 1. The van der Waals surface area contributed by atoms with Gasteiger partial charge in [0.1, 0.15) is 5.82 Å². The minimum atomic E-state index is -0.274. The van der Waals surface area contributed by atoms with Crippen molar-refractivity contribution in [1.29, 1.82) is 0 Å². The van der Waals surface area contributed by atoms with Gasteiger partial charge in [0.15, 0.2) is 0 Å². The fourth-order valence-corrected chi connectivity index (χ4v) is 1.71. The summed E-state index contributed by atoms with van der Waals surface area (Å²) in [6.45, 7) is 1.96. The summed E-state index contributed by atoms with van der Waals surface area (Å²) in [5.74, 6) is -0.274. The van der Waals surface area contributed by atoms with E-state index in [-0.39, 0.29) is 5.82 Å². The molecule has 0 aliphatic heterocycles. The van der Waals surface area contributed by atoms with E-state index < -0.39 is 0 Å². The Morgan fingerprint density at radius 2 is 2.15 bits per heavy atom. The van der Waals surface area contributed by atoms with Gasteiger partial charge in [-0.2, -0.15) is 0 Å². The van der Waals surface area contributed by atoms with Crippen LogP contribution in [0.1, 0.15) is 5.56 Å². The number of aryl methyl sites for hydroxylation is 1. The molecule has 2 aromatic rings. The van der Waals surface area contributed by atoms with Crippen molar-refractivity contribution >= 4 is 26.8 Å². The number of hydrogen-bond donors (Lipinski definition) is 0. The minimum Gasteiger partial charge on any atom is -0.255 e. The van der Waals surface area contributed by atoms with E-state index in [1.807, 2.05) is 13.0 Å². The summed E-state index contributed by atoms with van der Waals surface area (Å²) < 4.78 is 13.5. The van der Waals surface area contributed by atoms with Gasteiger partial charge in [-0.05, 0) is 46.6 Å². The van der Waals surface area contributed by atoms with Gasteiger partial charge in [0.25, 0.3) is 0 Å². The molecule has 0 fully saturated rings. The fourth-order valence-electron chi connectivity index (χ4n) is 1.25. The van der Waals surface area contributed by atoms with Crippen molar-refractivity contribution in [3.63, 3.8) is 0 Å². The highest BCUT2D eigenvalue weighted by Gasteiger charge is 2.04. The van der Waals surface area contributed by atoms with Crippen LogP contribution in [0.3, 0.4) is 0 Å². The summed E-state index contributed by atoms with van der Waals surface area (Å²) in [6.07, 6.45) is 1.73. The Labute approximate surface area is 83.7 Å². The lowest BCUT2D eigenvalue weighted by molar-refractivity contribution is 0.623. The highest BCUT2D eigenvalue weighted by Crippen LogP contribution is 2.25. The van der Waals surface area contributed by atoms with E-state index in [0.717, 1.165) is 10.9 Å². The molecule has 3 heteroatoms. The van der Waals surface area contributed by atoms with Crippen molar-refractivity contribution in [1.82, 2.24) is 4.98 Å². The van der Waals surface area contributed by atoms with Crippen LogP contribution in [-0.4, -0.2) is 4.98 Å². The monoisotopic (exact) mass is 239 g/mol. The minimum absolute atomic E-state index is 0.274. The molecule has 1 aromatic heterocycles. The summed E-state index contributed by atoms with van der Waals surface area (Å²) >= 11 is 3.17. The maximum absolute atomic E-state index is 13.1. The van der Waals surface area contributed by atoms with Crippen LogP contribution < -0.4 is 0 Å². The van der Waals surface area contributed by atoms with Gasteiger partial charge >= 0.3 is 0 Å². The Kier molecular flexibility index (Phi) is 2.04. The number of pyridine rings is 1. The van der Waals surface area contributed by atoms with E-state index >= 15 is 0 Å². The van der Waals surface area contributed by atoms with Gasteiger partial charge < -0.3 is 0 Å². The maximum atomic E-state index is 13.1. The fraction of sp³-hybridized carbons (Fsp3) is 0.100. The van der Waals surface area contributed by atoms with Crippen LogP contribution >= 0.6 is 15.9 Å². The van der Waals surface area contributed by atoms with E-state index in [1.165, 1.54) is 6.07 Å². The average Bonchev–Trinajstić information content (AvgIpc) is 2.12. The largest absolute Gasteiger partial charge is 0.255 e. The molecule has 2 rings (SSSR count). The first-order valence-corrected chi connectivity index (χ1v) is 4.68. The molecule has 0 aliphatic carbocycles. The second kappa shape index (κ2) is 3.07. The molecule has 0 aliphatic rings. The van der Waals surface area contributed by atoms with Crippen LogP contribution in [-0.2, 0) is 0 Å². The predicted octanol–water partition coefficient (Wildman–Crippen LogP) is 3.44. The van der Waals surface area contributed by atoms with Crippen molar-refractivity contribution in [2.45, 2.75) is 6.92 Å². The second-order valence-corrected chi connectivity index (χ2v) is 3.74. The summed E-state index contributed by atoms with van der Waals surface area (Å²) in [4.78, 5) is 4.15. The number of aromatic nitrogens is 1. The van der Waals surface area contributed by atoms with E-state index in [0.29, 0.717) is 9.99 Å². The second-order valence-electron chi connectivity index (χ2n) is 2.95. The molecule has 0 bridgehead atoms. The smallest absolute Gasteiger partial charge is 0.139 e. The van der Waals surface area contributed by atoms with Crippen molar-refractivity contribution in [2.24, 2.45) is 0 Å². The highest BCUT2D eigenvalue weighted by molar-refractivity contribution is 9.10. The molecule has 66 valence electrons. The molecule has 0 N–H and O–H groups in total. The Hall–Kier alpha value is -0.960. The van der Waals surface area contributed by atoms with Crippen LogP contribution in [0, 0.1) is 12.7 Å². The number of benzene rings is 1. The van der Waals surface area contributed by atoms with E-state index in [2.05, 4.69) is 20.9 Å². The van der Waals surface area contributed by atoms with Crippen molar-refractivity contribution in [3.05, 3.63) is 40.2 Å². The molecular formula is C10H7BrFN. The van der Waals surface area contributed by atoms with Gasteiger partial charge in [-0.25, -0.2) is 4.39 Å². The lowest BCUT2D eigenvalue weighted by Crippen LogP contribution is -1.85. The molecule has 0 saturated carbocycles. The van der Waals surface area contributed by atoms with Crippen molar-refractivity contribution < 1.29 is 4.39 Å². The van der Waals surface area contributed by atoms with Crippen molar-refractivity contribution in [2.75, 3.05) is 0 Å². The SMILES string of the molecule is Cc1cnc2c(Br)c(F)ccc2c1. The molecule has 0 radical (unpaired) electrons. The van der Waals surface area contributed by atoms with Crippen LogP contribution in [0.2, 0.25) is 0 Å². The summed E-state index contributed by atoms with van der Waals surface area (Å²) in [5.41, 5.74) is 1.75. The number of nitrogens with zero attached hydrogens (tertiary/aromatic N) is 1. The Balaban J connectivity index is 2.87. The normalized spacial score (nSPS) is 10.7.